The fourth-order valence-corrected chi connectivity index (χ4v) is 2.68. The lowest BCUT2D eigenvalue weighted by Gasteiger charge is -2.10. The maximum absolute atomic E-state index is 13.0. The summed E-state index contributed by atoms with van der Waals surface area (Å²) in [5.41, 5.74) is -0.855. The molecule has 0 amide bonds. The fourth-order valence-electron chi connectivity index (χ4n) is 1.87. The van der Waals surface area contributed by atoms with E-state index in [0.29, 0.717) is 17.0 Å². The molecule has 0 aliphatic carbocycles. The van der Waals surface area contributed by atoms with Crippen molar-refractivity contribution in [2.45, 2.75) is 16.1 Å². The third-order valence-corrected chi connectivity index (χ3v) is 4.05. The van der Waals surface area contributed by atoms with Gasteiger partial charge in [0.1, 0.15) is 10.8 Å². The first-order valence-electron chi connectivity index (χ1n) is 7.01. The van der Waals surface area contributed by atoms with Gasteiger partial charge in [-0.05, 0) is 42.5 Å². The van der Waals surface area contributed by atoms with Crippen molar-refractivity contribution in [3.63, 3.8) is 0 Å². The van der Waals surface area contributed by atoms with E-state index in [1.165, 1.54) is 23.9 Å². The minimum atomic E-state index is -4.45. The number of hydrogen-bond acceptors (Lipinski definition) is 4. The zero-order valence-corrected chi connectivity index (χ0v) is 13.3. The molecule has 0 saturated heterocycles. The van der Waals surface area contributed by atoms with E-state index in [0.717, 1.165) is 17.0 Å². The van der Waals surface area contributed by atoms with Gasteiger partial charge in [-0.2, -0.15) is 13.2 Å². The van der Waals surface area contributed by atoms with E-state index in [-0.39, 0.29) is 11.7 Å². The zero-order chi connectivity index (χ0) is 17.9. The van der Waals surface area contributed by atoms with Crippen LogP contribution in [0.15, 0.2) is 70.8 Å². The van der Waals surface area contributed by atoms with Crippen LogP contribution in [0.3, 0.4) is 0 Å². The Morgan fingerprint density at radius 3 is 2.32 bits per heavy atom. The molecule has 0 unspecified atom stereocenters. The second-order valence-electron chi connectivity index (χ2n) is 4.85. The summed E-state index contributed by atoms with van der Waals surface area (Å²) in [5, 5.41) is 0.482. The number of nitrogens with zero attached hydrogens (tertiary/aromatic N) is 2. The molecular formula is C17H10F4N2OS. The topological polar surface area (TPSA) is 35.0 Å². The van der Waals surface area contributed by atoms with Gasteiger partial charge < -0.3 is 4.74 Å². The van der Waals surface area contributed by atoms with Crippen LogP contribution >= 0.6 is 11.8 Å². The van der Waals surface area contributed by atoms with Gasteiger partial charge >= 0.3 is 6.18 Å². The smallest absolute Gasteiger partial charge is 0.417 e. The Morgan fingerprint density at radius 1 is 0.920 bits per heavy atom. The van der Waals surface area contributed by atoms with Crippen molar-refractivity contribution in [3.05, 3.63) is 72.3 Å². The molecule has 0 radical (unpaired) electrons. The molecule has 128 valence electrons. The Labute approximate surface area is 144 Å². The van der Waals surface area contributed by atoms with Crippen LogP contribution in [0.4, 0.5) is 17.6 Å². The third kappa shape index (κ3) is 4.48. The Morgan fingerprint density at radius 2 is 1.68 bits per heavy atom. The van der Waals surface area contributed by atoms with Crippen molar-refractivity contribution in [3.8, 4) is 11.6 Å². The van der Waals surface area contributed by atoms with Crippen LogP contribution in [0.25, 0.3) is 0 Å². The van der Waals surface area contributed by atoms with E-state index >= 15 is 0 Å². The summed E-state index contributed by atoms with van der Waals surface area (Å²) in [5.74, 6) is 0.00170. The van der Waals surface area contributed by atoms with Gasteiger partial charge in [-0.3, -0.25) is 0 Å². The molecule has 0 aliphatic rings. The Kier molecular flexibility index (Phi) is 4.89. The van der Waals surface area contributed by atoms with E-state index in [1.807, 2.05) is 0 Å². The SMILES string of the molecule is Fc1ccc(Sc2ncccc2Oc2ccc(C(F)(F)F)cn2)cc1. The lowest BCUT2D eigenvalue weighted by atomic mass is 10.3. The molecule has 0 spiro atoms. The standard InChI is InChI=1S/C17H10F4N2OS/c18-12-4-6-13(7-5-12)25-16-14(2-1-9-22-16)24-15-8-3-11(10-23-15)17(19,20)21/h1-10H. The molecule has 2 aromatic heterocycles. The van der Waals surface area contributed by atoms with Crippen LogP contribution in [-0.4, -0.2) is 9.97 Å². The first-order chi connectivity index (χ1) is 11.9. The summed E-state index contributed by atoms with van der Waals surface area (Å²) in [7, 11) is 0. The fraction of sp³-hybridized carbons (Fsp3) is 0.0588. The Balaban J connectivity index is 1.80. The highest BCUT2D eigenvalue weighted by Gasteiger charge is 2.30. The van der Waals surface area contributed by atoms with E-state index in [2.05, 4.69) is 9.97 Å². The summed E-state index contributed by atoms with van der Waals surface area (Å²) in [4.78, 5) is 8.60. The van der Waals surface area contributed by atoms with Gasteiger partial charge in [0, 0.05) is 23.4 Å². The van der Waals surface area contributed by atoms with Crippen LogP contribution in [0, 0.1) is 5.82 Å². The summed E-state index contributed by atoms with van der Waals surface area (Å²) in [6, 6.07) is 11.1. The van der Waals surface area contributed by atoms with Gasteiger partial charge in [-0.15, -0.1) is 0 Å². The zero-order valence-electron chi connectivity index (χ0n) is 12.5. The molecule has 2 heterocycles. The average molecular weight is 366 g/mol. The van der Waals surface area contributed by atoms with Gasteiger partial charge in [0.05, 0.1) is 5.56 Å². The van der Waals surface area contributed by atoms with Crippen LogP contribution in [0.2, 0.25) is 0 Å². The number of ether oxygens (including phenoxy) is 1. The quantitative estimate of drug-likeness (QED) is 0.565. The first kappa shape index (κ1) is 17.2. The minimum Gasteiger partial charge on any atom is -0.436 e. The monoisotopic (exact) mass is 366 g/mol. The molecule has 0 atom stereocenters. The van der Waals surface area contributed by atoms with Gasteiger partial charge in [0.2, 0.25) is 5.88 Å². The van der Waals surface area contributed by atoms with Crippen molar-refractivity contribution in [1.29, 1.82) is 0 Å². The normalized spacial score (nSPS) is 11.4. The van der Waals surface area contributed by atoms with E-state index in [4.69, 9.17) is 4.74 Å². The maximum Gasteiger partial charge on any atom is 0.417 e. The predicted octanol–water partition coefficient (Wildman–Crippen LogP) is 5.58. The number of hydrogen-bond donors (Lipinski definition) is 0. The molecule has 1 aromatic carbocycles. The van der Waals surface area contributed by atoms with Gasteiger partial charge in [-0.1, -0.05) is 11.8 Å². The average Bonchev–Trinajstić information content (AvgIpc) is 2.58. The molecular weight excluding hydrogens is 356 g/mol. The van der Waals surface area contributed by atoms with Crippen molar-refractivity contribution in [2.75, 3.05) is 0 Å². The predicted molar refractivity (Wildman–Crippen MR) is 84.1 cm³/mol. The molecule has 0 aliphatic heterocycles. The maximum atomic E-state index is 13.0. The highest BCUT2D eigenvalue weighted by molar-refractivity contribution is 7.99. The van der Waals surface area contributed by atoms with Gasteiger partial charge in [-0.25, -0.2) is 14.4 Å². The summed E-state index contributed by atoms with van der Waals surface area (Å²) < 4.78 is 56.2. The van der Waals surface area contributed by atoms with Crippen LogP contribution in [0.1, 0.15) is 5.56 Å². The molecule has 0 saturated carbocycles. The number of rotatable bonds is 4. The van der Waals surface area contributed by atoms with E-state index < -0.39 is 11.7 Å². The van der Waals surface area contributed by atoms with E-state index in [9.17, 15) is 17.6 Å². The molecule has 3 aromatic rings. The highest BCUT2D eigenvalue weighted by atomic mass is 32.2. The Hall–Kier alpha value is -2.61. The molecule has 3 rings (SSSR count). The first-order valence-corrected chi connectivity index (χ1v) is 7.83. The molecule has 0 fully saturated rings. The summed E-state index contributed by atoms with van der Waals surface area (Å²) >= 11 is 1.24. The Bertz CT molecular complexity index is 852. The third-order valence-electron chi connectivity index (χ3n) is 3.04. The molecule has 25 heavy (non-hydrogen) atoms. The lowest BCUT2D eigenvalue weighted by Crippen LogP contribution is -2.05. The number of aromatic nitrogens is 2. The lowest BCUT2D eigenvalue weighted by molar-refractivity contribution is -0.137. The van der Waals surface area contributed by atoms with E-state index in [1.54, 1.807) is 30.5 Å². The largest absolute Gasteiger partial charge is 0.436 e. The highest BCUT2D eigenvalue weighted by Crippen LogP contribution is 2.35. The minimum absolute atomic E-state index is 0.0157. The van der Waals surface area contributed by atoms with Crippen molar-refractivity contribution in [1.82, 2.24) is 9.97 Å². The second-order valence-corrected chi connectivity index (χ2v) is 5.91. The van der Waals surface area contributed by atoms with Crippen molar-refractivity contribution < 1.29 is 22.3 Å². The van der Waals surface area contributed by atoms with Crippen molar-refractivity contribution in [2.24, 2.45) is 0 Å². The molecule has 0 N–H and O–H groups in total. The second kappa shape index (κ2) is 7.10. The number of alkyl halides is 3. The van der Waals surface area contributed by atoms with Gasteiger partial charge in [0.25, 0.3) is 0 Å². The molecule has 3 nitrogen and oxygen atoms in total. The molecule has 8 heteroatoms. The molecule has 0 bridgehead atoms. The number of benzene rings is 1. The van der Waals surface area contributed by atoms with Crippen LogP contribution in [-0.2, 0) is 6.18 Å². The number of pyridine rings is 2. The van der Waals surface area contributed by atoms with Crippen LogP contribution < -0.4 is 4.74 Å². The van der Waals surface area contributed by atoms with Crippen molar-refractivity contribution >= 4 is 11.8 Å². The summed E-state index contributed by atoms with van der Waals surface area (Å²) in [6.45, 7) is 0. The van der Waals surface area contributed by atoms with Crippen LogP contribution in [0.5, 0.6) is 11.6 Å². The van der Waals surface area contributed by atoms with Gasteiger partial charge in [0.15, 0.2) is 5.75 Å². The number of halogens is 4. The summed E-state index contributed by atoms with van der Waals surface area (Å²) in [6.07, 6.45) is -2.19.